The first-order chi connectivity index (χ1) is 16.9. The van der Waals surface area contributed by atoms with Crippen LogP contribution in [-0.2, 0) is 0 Å². The zero-order valence-corrected chi connectivity index (χ0v) is 18.5. The lowest BCUT2D eigenvalue weighted by atomic mass is 10.0. The Bertz CT molecular complexity index is 1630. The summed E-state index contributed by atoms with van der Waals surface area (Å²) < 4.78 is 6.39. The van der Waals surface area contributed by atoms with Crippen LogP contribution in [0.15, 0.2) is 126 Å². The van der Waals surface area contributed by atoms with Crippen molar-refractivity contribution in [1.29, 1.82) is 0 Å². The van der Waals surface area contributed by atoms with Crippen molar-refractivity contribution in [3.05, 3.63) is 127 Å². The molecule has 162 valence electrons. The molecular weight excluding hydrogens is 416 g/mol. The van der Waals surface area contributed by atoms with Gasteiger partial charge in [-0.1, -0.05) is 91.0 Å². The number of rotatable bonds is 3. The molecule has 0 bridgehead atoms. The number of hydrogen-bond donors (Lipinski definition) is 1. The molecular formula is C31H22N2O. The Morgan fingerprint density at radius 3 is 2.18 bits per heavy atom. The van der Waals surface area contributed by atoms with Gasteiger partial charge in [-0.2, -0.15) is 0 Å². The smallest absolute Gasteiger partial charge is 0.142 e. The molecule has 0 fully saturated rings. The van der Waals surface area contributed by atoms with Crippen LogP contribution in [0, 0.1) is 0 Å². The molecule has 1 aliphatic heterocycles. The normalized spacial score (nSPS) is 14.9. The molecule has 7 rings (SSSR count). The molecule has 3 nitrogen and oxygen atoms in total. The molecule has 1 atom stereocenters. The van der Waals surface area contributed by atoms with Crippen molar-refractivity contribution in [2.45, 2.75) is 6.17 Å². The zero-order chi connectivity index (χ0) is 22.5. The van der Waals surface area contributed by atoms with Crippen LogP contribution in [0.4, 0.5) is 17.1 Å². The van der Waals surface area contributed by atoms with Crippen molar-refractivity contribution < 1.29 is 4.42 Å². The lowest BCUT2D eigenvalue weighted by Crippen LogP contribution is -2.23. The summed E-state index contributed by atoms with van der Waals surface area (Å²) in [7, 11) is 0. The number of furan rings is 1. The minimum Gasteiger partial charge on any atom is -0.456 e. The van der Waals surface area contributed by atoms with Crippen LogP contribution in [0.25, 0.3) is 33.1 Å². The topological polar surface area (TPSA) is 28.4 Å². The highest BCUT2D eigenvalue weighted by Crippen LogP contribution is 2.48. The number of nitrogens with zero attached hydrogens (tertiary/aromatic N) is 1. The Hall–Kier alpha value is -4.50. The monoisotopic (exact) mass is 438 g/mol. The molecule has 1 aromatic heterocycles. The minimum absolute atomic E-state index is 0.0794. The second-order valence-corrected chi connectivity index (χ2v) is 8.67. The standard InChI is InChI=1S/C31H22N2O/c1-2-9-21(10-3-1)22-17-19-23(20-18-22)33-28-15-6-5-14-27(28)32-31(33)26-13-8-12-25-24-11-4-7-16-29(24)34-30(25)26/h1-20,31-32H. The van der Waals surface area contributed by atoms with Crippen LogP contribution >= 0.6 is 0 Å². The van der Waals surface area contributed by atoms with E-state index in [1.165, 1.54) is 11.1 Å². The van der Waals surface area contributed by atoms with Gasteiger partial charge >= 0.3 is 0 Å². The Balaban J connectivity index is 1.38. The molecule has 0 amide bonds. The van der Waals surface area contributed by atoms with E-state index < -0.39 is 0 Å². The summed E-state index contributed by atoms with van der Waals surface area (Å²) in [5, 5.41) is 6.04. The predicted molar refractivity (Wildman–Crippen MR) is 141 cm³/mol. The second-order valence-electron chi connectivity index (χ2n) is 8.67. The van der Waals surface area contributed by atoms with Gasteiger partial charge in [0.25, 0.3) is 0 Å². The van der Waals surface area contributed by atoms with Gasteiger partial charge in [-0.3, -0.25) is 0 Å². The second kappa shape index (κ2) is 7.53. The maximum absolute atomic E-state index is 6.39. The summed E-state index contributed by atoms with van der Waals surface area (Å²) in [5.41, 5.74) is 8.81. The van der Waals surface area contributed by atoms with Gasteiger partial charge in [0.2, 0.25) is 0 Å². The molecule has 0 saturated carbocycles. The van der Waals surface area contributed by atoms with Crippen molar-refractivity contribution in [3.63, 3.8) is 0 Å². The van der Waals surface area contributed by atoms with Crippen LogP contribution in [0.5, 0.6) is 0 Å². The van der Waals surface area contributed by atoms with Crippen LogP contribution < -0.4 is 10.2 Å². The molecule has 1 N–H and O–H groups in total. The average Bonchev–Trinajstić information content (AvgIpc) is 3.48. The minimum atomic E-state index is -0.0794. The zero-order valence-electron chi connectivity index (χ0n) is 18.5. The maximum atomic E-state index is 6.39. The summed E-state index contributed by atoms with van der Waals surface area (Å²) in [5.74, 6) is 0. The molecule has 1 aliphatic rings. The molecule has 5 aromatic carbocycles. The predicted octanol–water partition coefficient (Wildman–Crippen LogP) is 8.52. The highest BCUT2D eigenvalue weighted by atomic mass is 16.3. The number of anilines is 3. The molecule has 0 spiro atoms. The van der Waals surface area contributed by atoms with E-state index in [1.54, 1.807) is 0 Å². The SMILES string of the molecule is c1ccc(-c2ccc(N3c4ccccc4NC3c3cccc4c3oc3ccccc34)cc2)cc1. The molecule has 0 aliphatic carbocycles. The van der Waals surface area contributed by atoms with Gasteiger partial charge in [0.05, 0.1) is 11.4 Å². The van der Waals surface area contributed by atoms with Gasteiger partial charge in [0.15, 0.2) is 0 Å². The van der Waals surface area contributed by atoms with Crippen LogP contribution in [0.3, 0.4) is 0 Å². The number of nitrogens with one attached hydrogen (secondary N) is 1. The molecule has 0 saturated heterocycles. The van der Waals surface area contributed by atoms with E-state index in [2.05, 4.69) is 113 Å². The Morgan fingerprint density at radius 2 is 1.29 bits per heavy atom. The number of para-hydroxylation sites is 4. The first-order valence-electron chi connectivity index (χ1n) is 11.6. The van der Waals surface area contributed by atoms with E-state index in [4.69, 9.17) is 4.42 Å². The van der Waals surface area contributed by atoms with Crippen molar-refractivity contribution in [3.8, 4) is 11.1 Å². The lowest BCUT2D eigenvalue weighted by molar-refractivity contribution is 0.656. The van der Waals surface area contributed by atoms with Crippen LogP contribution in [-0.4, -0.2) is 0 Å². The van der Waals surface area contributed by atoms with E-state index in [9.17, 15) is 0 Å². The largest absolute Gasteiger partial charge is 0.456 e. The van der Waals surface area contributed by atoms with Gasteiger partial charge in [0, 0.05) is 22.0 Å². The summed E-state index contributed by atoms with van der Waals surface area (Å²) in [6.45, 7) is 0. The van der Waals surface area contributed by atoms with Crippen molar-refractivity contribution in [2.24, 2.45) is 0 Å². The molecule has 6 aromatic rings. The maximum Gasteiger partial charge on any atom is 0.142 e. The van der Waals surface area contributed by atoms with E-state index in [0.717, 1.165) is 44.6 Å². The first kappa shape index (κ1) is 19.0. The highest BCUT2D eigenvalue weighted by Gasteiger charge is 2.33. The van der Waals surface area contributed by atoms with Gasteiger partial charge in [0.1, 0.15) is 17.3 Å². The van der Waals surface area contributed by atoms with Gasteiger partial charge in [-0.15, -0.1) is 0 Å². The first-order valence-corrected chi connectivity index (χ1v) is 11.6. The quantitative estimate of drug-likeness (QED) is 0.300. The third-order valence-corrected chi connectivity index (χ3v) is 6.70. The van der Waals surface area contributed by atoms with E-state index in [1.807, 2.05) is 18.2 Å². The fraction of sp³-hybridized carbons (Fsp3) is 0.0323. The van der Waals surface area contributed by atoms with E-state index in [0.29, 0.717) is 0 Å². The third-order valence-electron chi connectivity index (χ3n) is 6.70. The summed E-state index contributed by atoms with van der Waals surface area (Å²) >= 11 is 0. The van der Waals surface area contributed by atoms with Gasteiger partial charge in [-0.25, -0.2) is 0 Å². The van der Waals surface area contributed by atoms with Gasteiger partial charge < -0.3 is 14.6 Å². The molecule has 3 heteroatoms. The van der Waals surface area contributed by atoms with Crippen LogP contribution in [0.1, 0.15) is 11.7 Å². The van der Waals surface area contributed by atoms with Crippen molar-refractivity contribution in [2.75, 3.05) is 10.2 Å². The highest BCUT2D eigenvalue weighted by molar-refractivity contribution is 6.06. The molecule has 0 radical (unpaired) electrons. The average molecular weight is 439 g/mol. The molecule has 34 heavy (non-hydrogen) atoms. The molecule has 1 unspecified atom stereocenters. The Labute approximate surface area is 197 Å². The van der Waals surface area contributed by atoms with Crippen LogP contribution in [0.2, 0.25) is 0 Å². The summed E-state index contributed by atoms with van der Waals surface area (Å²) in [6, 6.07) is 42.5. The number of hydrogen-bond acceptors (Lipinski definition) is 3. The number of fused-ring (bicyclic) bond motifs is 4. The van der Waals surface area contributed by atoms with E-state index in [-0.39, 0.29) is 6.17 Å². The van der Waals surface area contributed by atoms with Crippen molar-refractivity contribution >= 4 is 39.0 Å². The summed E-state index contributed by atoms with van der Waals surface area (Å²) in [6.07, 6.45) is -0.0794. The fourth-order valence-electron chi connectivity index (χ4n) is 5.09. The Kier molecular flexibility index (Phi) is 4.21. The summed E-state index contributed by atoms with van der Waals surface area (Å²) in [4.78, 5) is 2.37. The van der Waals surface area contributed by atoms with Gasteiger partial charge in [-0.05, 0) is 41.5 Å². The number of benzene rings is 5. The van der Waals surface area contributed by atoms with E-state index >= 15 is 0 Å². The lowest BCUT2D eigenvalue weighted by Gasteiger charge is -2.27. The fourth-order valence-corrected chi connectivity index (χ4v) is 5.09. The third kappa shape index (κ3) is 2.91. The molecule has 2 heterocycles. The van der Waals surface area contributed by atoms with Crippen molar-refractivity contribution in [1.82, 2.24) is 0 Å². The Morgan fingerprint density at radius 1 is 0.588 bits per heavy atom.